The first-order valence-corrected chi connectivity index (χ1v) is 5.17. The van der Waals surface area contributed by atoms with Crippen LogP contribution < -0.4 is 0 Å². The van der Waals surface area contributed by atoms with E-state index in [1.54, 1.807) is 26.0 Å². The maximum absolute atomic E-state index is 11.0. The first-order chi connectivity index (χ1) is 8.00. The number of hydrogen-bond acceptors (Lipinski definition) is 4. The standard InChI is InChI=1S/C10H9ClN4O2/c1-5-3-4-7(13-12-5)15-9(11)8(10(16)17)6(2)14-15/h3-4H,1-2H3,(H,16,17). The Hall–Kier alpha value is -1.95. The molecule has 0 radical (unpaired) electrons. The highest BCUT2D eigenvalue weighted by molar-refractivity contribution is 6.32. The Labute approximate surface area is 102 Å². The molecule has 0 saturated carbocycles. The molecule has 1 N–H and O–H groups in total. The van der Waals surface area contributed by atoms with E-state index in [1.807, 2.05) is 0 Å². The van der Waals surface area contributed by atoms with E-state index in [-0.39, 0.29) is 10.7 Å². The summed E-state index contributed by atoms with van der Waals surface area (Å²) < 4.78 is 1.26. The lowest BCUT2D eigenvalue weighted by Crippen LogP contribution is -2.02. The van der Waals surface area contributed by atoms with Gasteiger partial charge in [0.1, 0.15) is 10.7 Å². The number of aromatic carboxylic acids is 1. The summed E-state index contributed by atoms with van der Waals surface area (Å²) in [7, 11) is 0. The van der Waals surface area contributed by atoms with Crippen molar-refractivity contribution in [3.63, 3.8) is 0 Å². The summed E-state index contributed by atoms with van der Waals surface area (Å²) in [6, 6.07) is 3.42. The normalized spacial score (nSPS) is 10.5. The number of aryl methyl sites for hydroxylation is 2. The van der Waals surface area contributed by atoms with Gasteiger partial charge in [0.2, 0.25) is 0 Å². The zero-order valence-corrected chi connectivity index (χ0v) is 9.93. The van der Waals surface area contributed by atoms with Gasteiger partial charge in [-0.1, -0.05) is 11.6 Å². The van der Waals surface area contributed by atoms with Gasteiger partial charge in [-0.05, 0) is 26.0 Å². The van der Waals surface area contributed by atoms with Crippen molar-refractivity contribution in [2.75, 3.05) is 0 Å². The van der Waals surface area contributed by atoms with Crippen LogP contribution in [0.2, 0.25) is 5.15 Å². The van der Waals surface area contributed by atoms with Crippen LogP contribution >= 0.6 is 11.6 Å². The number of carboxylic acids is 1. The molecule has 2 aromatic rings. The van der Waals surface area contributed by atoms with Crippen LogP contribution in [0.15, 0.2) is 12.1 Å². The smallest absolute Gasteiger partial charge is 0.340 e. The maximum Gasteiger partial charge on any atom is 0.340 e. The van der Waals surface area contributed by atoms with Crippen molar-refractivity contribution in [3.05, 3.63) is 34.2 Å². The molecule has 0 aromatic carbocycles. The van der Waals surface area contributed by atoms with E-state index in [0.717, 1.165) is 5.69 Å². The Kier molecular flexibility index (Phi) is 2.81. The number of halogens is 1. The number of rotatable bonds is 2. The summed E-state index contributed by atoms with van der Waals surface area (Å²) in [4.78, 5) is 11.0. The average Bonchev–Trinajstić information content (AvgIpc) is 2.55. The van der Waals surface area contributed by atoms with Gasteiger partial charge < -0.3 is 5.11 Å². The predicted octanol–water partition coefficient (Wildman–Crippen LogP) is 1.63. The highest BCUT2D eigenvalue weighted by Gasteiger charge is 2.20. The van der Waals surface area contributed by atoms with Gasteiger partial charge in [0.15, 0.2) is 5.82 Å². The molecule has 6 nitrogen and oxygen atoms in total. The van der Waals surface area contributed by atoms with Gasteiger partial charge in [-0.15, -0.1) is 5.10 Å². The second-order valence-electron chi connectivity index (χ2n) is 3.50. The highest BCUT2D eigenvalue weighted by atomic mass is 35.5. The zero-order chi connectivity index (χ0) is 12.6. The molecule has 88 valence electrons. The summed E-state index contributed by atoms with van der Waals surface area (Å²) in [5, 5.41) is 20.8. The summed E-state index contributed by atoms with van der Waals surface area (Å²) in [5.41, 5.74) is 1.08. The quantitative estimate of drug-likeness (QED) is 0.879. The third-order valence-electron chi connectivity index (χ3n) is 2.22. The topological polar surface area (TPSA) is 80.9 Å². The minimum atomic E-state index is -1.11. The van der Waals surface area contributed by atoms with Gasteiger partial charge >= 0.3 is 5.97 Å². The third kappa shape index (κ3) is 1.99. The van der Waals surface area contributed by atoms with Crippen LogP contribution in [0.5, 0.6) is 0 Å². The van der Waals surface area contributed by atoms with Crippen LogP contribution in [0.4, 0.5) is 0 Å². The first-order valence-electron chi connectivity index (χ1n) is 4.80. The molecule has 0 unspecified atom stereocenters. The number of carbonyl (C=O) groups is 1. The lowest BCUT2D eigenvalue weighted by molar-refractivity contribution is 0.0696. The Morgan fingerprint density at radius 3 is 2.53 bits per heavy atom. The fourth-order valence-corrected chi connectivity index (χ4v) is 1.74. The summed E-state index contributed by atoms with van der Waals surface area (Å²) >= 11 is 5.95. The van der Waals surface area contributed by atoms with Crippen LogP contribution in [0.1, 0.15) is 21.7 Å². The molecule has 0 aliphatic heterocycles. The van der Waals surface area contributed by atoms with Crippen molar-refractivity contribution in [3.8, 4) is 5.82 Å². The number of hydrogen-bond donors (Lipinski definition) is 1. The molecule has 0 aliphatic carbocycles. The molecule has 2 heterocycles. The van der Waals surface area contributed by atoms with Gasteiger partial charge in [-0.3, -0.25) is 0 Å². The Balaban J connectivity index is 2.57. The van der Waals surface area contributed by atoms with Crippen LogP contribution in [-0.2, 0) is 0 Å². The molecule has 0 saturated heterocycles. The maximum atomic E-state index is 11.0. The van der Waals surface area contributed by atoms with E-state index in [1.165, 1.54) is 4.68 Å². The van der Waals surface area contributed by atoms with Gasteiger partial charge in [-0.2, -0.15) is 10.2 Å². The Bertz CT molecular complexity index is 577. The highest BCUT2D eigenvalue weighted by Crippen LogP contribution is 2.22. The second-order valence-corrected chi connectivity index (χ2v) is 3.86. The average molecular weight is 253 g/mol. The third-order valence-corrected chi connectivity index (χ3v) is 2.57. The molecule has 0 amide bonds. The van der Waals surface area contributed by atoms with Crippen LogP contribution in [0, 0.1) is 13.8 Å². The fourth-order valence-electron chi connectivity index (χ4n) is 1.40. The Morgan fingerprint density at radius 1 is 1.35 bits per heavy atom. The summed E-state index contributed by atoms with van der Waals surface area (Å²) in [5.74, 6) is -0.727. The minimum Gasteiger partial charge on any atom is -0.478 e. The number of carboxylic acid groups (broad SMARTS) is 1. The van der Waals surface area contributed by atoms with Crippen LogP contribution in [-0.4, -0.2) is 31.1 Å². The van der Waals surface area contributed by atoms with Crippen LogP contribution in [0.3, 0.4) is 0 Å². The van der Waals surface area contributed by atoms with Gasteiger partial charge in [-0.25, -0.2) is 9.48 Å². The molecular weight excluding hydrogens is 244 g/mol. The first kappa shape index (κ1) is 11.5. The summed E-state index contributed by atoms with van der Waals surface area (Å²) in [6.07, 6.45) is 0. The summed E-state index contributed by atoms with van der Waals surface area (Å²) in [6.45, 7) is 3.38. The number of aromatic nitrogens is 4. The second kappa shape index (κ2) is 4.14. The zero-order valence-electron chi connectivity index (χ0n) is 9.18. The van der Waals surface area contributed by atoms with Crippen molar-refractivity contribution < 1.29 is 9.90 Å². The van der Waals surface area contributed by atoms with E-state index >= 15 is 0 Å². The lowest BCUT2D eigenvalue weighted by atomic mass is 10.3. The SMILES string of the molecule is Cc1ccc(-n2nc(C)c(C(=O)O)c2Cl)nn1. The van der Waals surface area contributed by atoms with Gasteiger partial charge in [0.25, 0.3) is 0 Å². The van der Waals surface area contributed by atoms with Crippen molar-refractivity contribution >= 4 is 17.6 Å². The minimum absolute atomic E-state index is 0.0194. The fraction of sp³-hybridized carbons (Fsp3) is 0.200. The van der Waals surface area contributed by atoms with Crippen molar-refractivity contribution in [2.45, 2.75) is 13.8 Å². The van der Waals surface area contributed by atoms with E-state index in [4.69, 9.17) is 16.7 Å². The van der Waals surface area contributed by atoms with Crippen molar-refractivity contribution in [2.24, 2.45) is 0 Å². The van der Waals surface area contributed by atoms with E-state index in [2.05, 4.69) is 15.3 Å². The largest absolute Gasteiger partial charge is 0.478 e. The monoisotopic (exact) mass is 252 g/mol. The van der Waals surface area contributed by atoms with E-state index in [9.17, 15) is 4.79 Å². The van der Waals surface area contributed by atoms with E-state index < -0.39 is 5.97 Å². The van der Waals surface area contributed by atoms with Gasteiger partial charge in [0.05, 0.1) is 11.4 Å². The Morgan fingerprint density at radius 2 is 2.06 bits per heavy atom. The van der Waals surface area contributed by atoms with Crippen LogP contribution in [0.25, 0.3) is 5.82 Å². The van der Waals surface area contributed by atoms with Gasteiger partial charge in [0, 0.05) is 0 Å². The molecule has 0 aliphatic rings. The molecule has 2 aromatic heterocycles. The molecule has 0 bridgehead atoms. The molecule has 17 heavy (non-hydrogen) atoms. The predicted molar refractivity (Wildman–Crippen MR) is 60.6 cm³/mol. The molecular formula is C10H9ClN4O2. The number of nitrogens with zero attached hydrogens (tertiary/aromatic N) is 4. The molecule has 7 heteroatoms. The molecule has 0 spiro atoms. The van der Waals surface area contributed by atoms with Crippen molar-refractivity contribution in [1.29, 1.82) is 0 Å². The van der Waals surface area contributed by atoms with Crippen molar-refractivity contribution in [1.82, 2.24) is 20.0 Å². The van der Waals surface area contributed by atoms with E-state index in [0.29, 0.717) is 11.5 Å². The molecule has 2 rings (SSSR count). The lowest BCUT2D eigenvalue weighted by Gasteiger charge is -2.00. The molecule has 0 atom stereocenters. The molecule has 0 fully saturated rings.